The third kappa shape index (κ3) is 7.02. The number of hydrogen-bond donors (Lipinski definition) is 0. The number of benzene rings is 4. The molecule has 14 heteroatoms. The molecule has 294 valence electrons. The van der Waals surface area contributed by atoms with Gasteiger partial charge in [-0.3, -0.25) is 28.8 Å². The van der Waals surface area contributed by atoms with E-state index in [1.807, 2.05) is 30.3 Å². The number of carbonyl (C=O) groups is 6. The van der Waals surface area contributed by atoms with Gasteiger partial charge in [0.1, 0.15) is 22.8 Å². The monoisotopic (exact) mass is 794 g/mol. The van der Waals surface area contributed by atoms with E-state index in [0.29, 0.717) is 22.7 Å². The zero-order chi connectivity index (χ0) is 42.2. The number of ketones is 6. The van der Waals surface area contributed by atoms with Crippen molar-refractivity contribution in [1.29, 1.82) is 0 Å². The molecule has 8 rings (SSSR count). The van der Waals surface area contributed by atoms with Gasteiger partial charge in [-0.1, -0.05) is 54.6 Å². The lowest BCUT2D eigenvalue weighted by molar-refractivity contribution is 0.0976. The van der Waals surface area contributed by atoms with Crippen molar-refractivity contribution in [2.45, 2.75) is 27.7 Å². The van der Waals surface area contributed by atoms with E-state index in [0.717, 1.165) is 0 Å². The van der Waals surface area contributed by atoms with Crippen LogP contribution in [0.5, 0.6) is 0 Å². The van der Waals surface area contributed by atoms with Crippen molar-refractivity contribution >= 4 is 34.7 Å². The van der Waals surface area contributed by atoms with E-state index in [1.165, 1.54) is 58.1 Å². The molecular formula is C46H34N8O6. The highest BCUT2D eigenvalue weighted by Crippen LogP contribution is 2.28. The summed E-state index contributed by atoms with van der Waals surface area (Å²) in [6, 6.07) is 33.2. The summed E-state index contributed by atoms with van der Waals surface area (Å²) in [5.74, 6) is -3.24. The molecule has 4 heterocycles. The third-order valence-electron chi connectivity index (χ3n) is 9.87. The first-order chi connectivity index (χ1) is 28.9. The summed E-state index contributed by atoms with van der Waals surface area (Å²) in [5, 5.41) is 17.9. The van der Waals surface area contributed by atoms with Gasteiger partial charge >= 0.3 is 0 Å². The third-order valence-corrected chi connectivity index (χ3v) is 9.87. The van der Waals surface area contributed by atoms with Crippen molar-refractivity contribution in [2.75, 3.05) is 0 Å². The summed E-state index contributed by atoms with van der Waals surface area (Å²) in [6.07, 6.45) is 4.37. The van der Waals surface area contributed by atoms with Crippen LogP contribution >= 0.6 is 0 Å². The maximum absolute atomic E-state index is 14.8. The van der Waals surface area contributed by atoms with Gasteiger partial charge in [0.15, 0.2) is 23.1 Å². The van der Waals surface area contributed by atoms with Crippen LogP contribution in [0.4, 0.5) is 0 Å². The van der Waals surface area contributed by atoms with Crippen LogP contribution in [0, 0.1) is 6.92 Å². The zero-order valence-electron chi connectivity index (χ0n) is 32.7. The SMILES string of the molecule is CC(=O)c1nn(-c2ccccc2)cc1C(=O)c1ccc(-n2nc(C(=O)c3cn(-c4ccccc4)nc3C(C)=O)c(C(=O)c3cn(-c4ccccc4)nc3C(C)=O)c2C)cc1. The lowest BCUT2D eigenvalue weighted by atomic mass is 9.96. The van der Waals surface area contributed by atoms with Crippen molar-refractivity contribution < 1.29 is 28.8 Å². The predicted octanol–water partition coefficient (Wildman–Crippen LogP) is 7.04. The number of carbonyl (C=O) groups excluding carboxylic acids is 6. The number of hydrogen-bond acceptors (Lipinski definition) is 10. The highest BCUT2D eigenvalue weighted by atomic mass is 16.2. The lowest BCUT2D eigenvalue weighted by Gasteiger charge is -2.07. The number of para-hydroxylation sites is 3. The molecule has 0 spiro atoms. The van der Waals surface area contributed by atoms with E-state index < -0.39 is 28.9 Å². The standard InChI is InChI=1S/C46H34N8O6/c1-27-39(45(59)37-25-52(48-41(37)29(3)56)33-16-10-6-11-17-33)43(46(60)38-26-53(49-42(38)30(4)57)34-18-12-7-13-19-34)50-54(27)35-22-20-31(21-23-35)44(58)36-24-51(47-40(36)28(2)55)32-14-8-5-9-15-32/h5-26H,1-4H3. The van der Waals surface area contributed by atoms with Crippen molar-refractivity contribution in [3.8, 4) is 22.7 Å². The smallest absolute Gasteiger partial charge is 0.217 e. The molecule has 0 aliphatic rings. The fourth-order valence-electron chi connectivity index (χ4n) is 6.90. The van der Waals surface area contributed by atoms with E-state index in [1.54, 1.807) is 91.9 Å². The minimum Gasteiger partial charge on any atom is -0.293 e. The minimum atomic E-state index is -0.758. The highest BCUT2D eigenvalue weighted by Gasteiger charge is 2.34. The predicted molar refractivity (Wildman–Crippen MR) is 219 cm³/mol. The van der Waals surface area contributed by atoms with Gasteiger partial charge < -0.3 is 0 Å². The molecule has 0 aliphatic heterocycles. The normalized spacial score (nSPS) is 11.1. The molecule has 8 aromatic rings. The van der Waals surface area contributed by atoms with E-state index in [-0.39, 0.29) is 62.1 Å². The summed E-state index contributed by atoms with van der Waals surface area (Å²) < 4.78 is 5.68. The second-order valence-corrected chi connectivity index (χ2v) is 13.9. The van der Waals surface area contributed by atoms with Gasteiger partial charge in [0.05, 0.1) is 50.7 Å². The van der Waals surface area contributed by atoms with Crippen LogP contribution in [-0.4, -0.2) is 73.8 Å². The first-order valence-corrected chi connectivity index (χ1v) is 18.7. The Morgan fingerprint density at radius 2 is 0.767 bits per heavy atom. The first-order valence-electron chi connectivity index (χ1n) is 18.7. The average molecular weight is 795 g/mol. The Labute approximate surface area is 342 Å². The van der Waals surface area contributed by atoms with Gasteiger partial charge in [0.2, 0.25) is 11.6 Å². The molecule has 0 aliphatic carbocycles. The van der Waals surface area contributed by atoms with Crippen LogP contribution in [0.25, 0.3) is 22.7 Å². The highest BCUT2D eigenvalue weighted by molar-refractivity contribution is 6.23. The van der Waals surface area contributed by atoms with Crippen LogP contribution < -0.4 is 0 Å². The van der Waals surface area contributed by atoms with Gasteiger partial charge in [-0.15, -0.1) is 0 Å². The molecule has 0 atom stereocenters. The Kier molecular flexibility index (Phi) is 10.0. The zero-order valence-corrected chi connectivity index (χ0v) is 32.7. The Balaban J connectivity index is 1.24. The van der Waals surface area contributed by atoms with Crippen LogP contribution in [0.1, 0.15) is 106 Å². The van der Waals surface area contributed by atoms with Crippen LogP contribution in [0.15, 0.2) is 134 Å². The van der Waals surface area contributed by atoms with E-state index in [4.69, 9.17) is 0 Å². The van der Waals surface area contributed by atoms with Gasteiger partial charge in [-0.05, 0) is 67.6 Å². The number of rotatable bonds is 13. The molecule has 4 aromatic carbocycles. The number of nitrogens with zero attached hydrogens (tertiary/aromatic N) is 8. The molecule has 0 saturated heterocycles. The molecule has 14 nitrogen and oxygen atoms in total. The molecule has 0 unspecified atom stereocenters. The summed E-state index contributed by atoms with van der Waals surface area (Å²) in [4.78, 5) is 81.9. The summed E-state index contributed by atoms with van der Waals surface area (Å²) in [7, 11) is 0. The fraction of sp³-hybridized carbons (Fsp3) is 0.0870. The second-order valence-electron chi connectivity index (χ2n) is 13.9. The Bertz CT molecular complexity index is 3010. The molecule has 0 radical (unpaired) electrons. The maximum atomic E-state index is 14.8. The quantitative estimate of drug-likeness (QED) is 0.110. The molecule has 0 saturated carbocycles. The maximum Gasteiger partial charge on any atom is 0.217 e. The average Bonchev–Trinajstić information content (AvgIpc) is 4.08. The number of aromatic nitrogens is 8. The van der Waals surface area contributed by atoms with E-state index in [9.17, 15) is 28.8 Å². The Morgan fingerprint density at radius 1 is 0.400 bits per heavy atom. The van der Waals surface area contributed by atoms with E-state index >= 15 is 0 Å². The van der Waals surface area contributed by atoms with Crippen LogP contribution in [0.2, 0.25) is 0 Å². The van der Waals surface area contributed by atoms with Crippen molar-refractivity contribution in [1.82, 2.24) is 39.1 Å². The molecule has 0 bridgehead atoms. The largest absolute Gasteiger partial charge is 0.293 e. The van der Waals surface area contributed by atoms with Gasteiger partial charge in [0.25, 0.3) is 0 Å². The summed E-state index contributed by atoms with van der Waals surface area (Å²) in [6.45, 7) is 5.52. The lowest BCUT2D eigenvalue weighted by Crippen LogP contribution is -2.14. The molecule has 0 fully saturated rings. The van der Waals surface area contributed by atoms with Crippen molar-refractivity contribution in [3.63, 3.8) is 0 Å². The summed E-state index contributed by atoms with van der Waals surface area (Å²) in [5.41, 5.74) is 2.03. The topological polar surface area (TPSA) is 174 Å². The van der Waals surface area contributed by atoms with Crippen LogP contribution in [-0.2, 0) is 0 Å². The number of Topliss-reactive ketones (excluding diaryl/α,β-unsaturated/α-hetero) is 3. The minimum absolute atomic E-state index is 0.0168. The molecule has 60 heavy (non-hydrogen) atoms. The fourth-order valence-corrected chi connectivity index (χ4v) is 6.90. The van der Waals surface area contributed by atoms with Crippen LogP contribution in [0.3, 0.4) is 0 Å². The van der Waals surface area contributed by atoms with E-state index in [2.05, 4.69) is 20.4 Å². The summed E-state index contributed by atoms with van der Waals surface area (Å²) >= 11 is 0. The molecule has 0 N–H and O–H groups in total. The van der Waals surface area contributed by atoms with Gasteiger partial charge in [-0.2, -0.15) is 20.4 Å². The second kappa shape index (κ2) is 15.6. The Morgan fingerprint density at radius 3 is 1.15 bits per heavy atom. The Hall–Kier alpha value is -8.26. The molecular weight excluding hydrogens is 761 g/mol. The first kappa shape index (κ1) is 38.6. The van der Waals surface area contributed by atoms with Crippen molar-refractivity contribution in [3.05, 3.63) is 190 Å². The van der Waals surface area contributed by atoms with Gasteiger partial charge in [-0.25, -0.2) is 18.7 Å². The van der Waals surface area contributed by atoms with Crippen molar-refractivity contribution in [2.24, 2.45) is 0 Å². The molecule has 4 aromatic heterocycles. The van der Waals surface area contributed by atoms with Gasteiger partial charge in [0, 0.05) is 44.9 Å². The molecule has 0 amide bonds.